The minimum Gasteiger partial charge on any atom is -0.352 e. The summed E-state index contributed by atoms with van der Waals surface area (Å²) in [6.07, 6.45) is 3.89. The first-order chi connectivity index (χ1) is 7.59. The number of carbonyl (C=O) groups is 1. The Hall–Kier alpha value is -0.750. The Labute approximate surface area is 105 Å². The van der Waals surface area contributed by atoms with Crippen LogP contribution in [0.15, 0.2) is 22.9 Å². The molecular formula is C10H13BrN2O2S. The van der Waals surface area contributed by atoms with Crippen LogP contribution >= 0.6 is 15.9 Å². The van der Waals surface area contributed by atoms with Gasteiger partial charge < -0.3 is 5.32 Å². The summed E-state index contributed by atoms with van der Waals surface area (Å²) in [4.78, 5) is 15.5. The number of carbonyl (C=O) groups excluding carboxylic acids is 1. The number of pyridine rings is 1. The highest BCUT2D eigenvalue weighted by atomic mass is 79.9. The third-order valence-electron chi connectivity index (χ3n) is 1.88. The first kappa shape index (κ1) is 13.3. The lowest BCUT2D eigenvalue weighted by atomic mass is 10.2. The molecule has 0 aliphatic heterocycles. The number of hydrogen-bond donors (Lipinski definition) is 1. The molecule has 1 heterocycles. The molecular weight excluding hydrogens is 292 g/mol. The molecule has 0 aromatic carbocycles. The van der Waals surface area contributed by atoms with Gasteiger partial charge in [-0.3, -0.25) is 9.00 Å². The van der Waals surface area contributed by atoms with Crippen LogP contribution < -0.4 is 5.32 Å². The molecule has 0 aliphatic rings. The summed E-state index contributed by atoms with van der Waals surface area (Å²) < 4.78 is 11.5. The fourth-order valence-electron chi connectivity index (χ4n) is 1.09. The van der Waals surface area contributed by atoms with Crippen LogP contribution in [0.1, 0.15) is 16.8 Å². The average Bonchev–Trinajstić information content (AvgIpc) is 2.25. The fraction of sp³-hybridized carbons (Fsp3) is 0.400. The van der Waals surface area contributed by atoms with Crippen molar-refractivity contribution in [1.29, 1.82) is 0 Å². The van der Waals surface area contributed by atoms with Crippen LogP contribution in [0.25, 0.3) is 0 Å². The summed E-state index contributed by atoms with van der Waals surface area (Å²) in [5, 5.41) is 2.75. The summed E-state index contributed by atoms with van der Waals surface area (Å²) >= 11 is 3.20. The molecule has 1 atom stereocenters. The molecule has 1 N–H and O–H groups in total. The number of hydrogen-bond acceptors (Lipinski definition) is 3. The van der Waals surface area contributed by atoms with Crippen LogP contribution in [0, 0.1) is 0 Å². The maximum Gasteiger partial charge on any atom is 0.252 e. The highest BCUT2D eigenvalue weighted by Crippen LogP contribution is 2.05. The van der Waals surface area contributed by atoms with Gasteiger partial charge in [-0.1, -0.05) is 0 Å². The Kier molecular flexibility index (Phi) is 5.62. The molecule has 88 valence electrons. The molecule has 4 nitrogen and oxygen atoms in total. The maximum absolute atomic E-state index is 11.6. The molecule has 0 fully saturated rings. The lowest BCUT2D eigenvalue weighted by Crippen LogP contribution is -2.25. The molecule has 16 heavy (non-hydrogen) atoms. The van der Waals surface area contributed by atoms with E-state index in [4.69, 9.17) is 0 Å². The van der Waals surface area contributed by atoms with Gasteiger partial charge in [0.05, 0.1) is 5.56 Å². The van der Waals surface area contributed by atoms with Crippen molar-refractivity contribution in [3.63, 3.8) is 0 Å². The highest BCUT2D eigenvalue weighted by Gasteiger charge is 2.04. The van der Waals surface area contributed by atoms with Gasteiger partial charge in [0.25, 0.3) is 5.91 Å². The zero-order chi connectivity index (χ0) is 12.0. The van der Waals surface area contributed by atoms with E-state index in [1.165, 1.54) is 6.20 Å². The third-order valence-corrected chi connectivity index (χ3v) is 3.22. The van der Waals surface area contributed by atoms with Crippen molar-refractivity contribution < 1.29 is 9.00 Å². The van der Waals surface area contributed by atoms with Crippen molar-refractivity contribution in [2.45, 2.75) is 6.42 Å². The second-order valence-corrected chi connectivity index (χ2v) is 5.62. The fourth-order valence-corrected chi connectivity index (χ4v) is 1.87. The Morgan fingerprint density at radius 2 is 2.31 bits per heavy atom. The Morgan fingerprint density at radius 1 is 1.56 bits per heavy atom. The van der Waals surface area contributed by atoms with Crippen LogP contribution in [-0.4, -0.2) is 33.7 Å². The van der Waals surface area contributed by atoms with E-state index in [-0.39, 0.29) is 5.91 Å². The van der Waals surface area contributed by atoms with E-state index in [9.17, 15) is 9.00 Å². The van der Waals surface area contributed by atoms with Gasteiger partial charge in [0.1, 0.15) is 4.60 Å². The smallest absolute Gasteiger partial charge is 0.252 e. The van der Waals surface area contributed by atoms with Gasteiger partial charge in [0.15, 0.2) is 0 Å². The number of rotatable bonds is 5. The van der Waals surface area contributed by atoms with E-state index >= 15 is 0 Å². The van der Waals surface area contributed by atoms with Crippen LogP contribution in [-0.2, 0) is 10.8 Å². The lowest BCUT2D eigenvalue weighted by Gasteiger charge is -2.03. The summed E-state index contributed by atoms with van der Waals surface area (Å²) in [6.45, 7) is 0.536. The topological polar surface area (TPSA) is 59.1 Å². The molecule has 0 bridgehead atoms. The van der Waals surface area contributed by atoms with Crippen molar-refractivity contribution in [2.75, 3.05) is 18.6 Å². The van der Waals surface area contributed by atoms with Gasteiger partial charge in [-0.2, -0.15) is 0 Å². The van der Waals surface area contributed by atoms with E-state index in [2.05, 4.69) is 26.2 Å². The highest BCUT2D eigenvalue weighted by molar-refractivity contribution is 9.10. The summed E-state index contributed by atoms with van der Waals surface area (Å²) in [7, 11) is -0.798. The van der Waals surface area contributed by atoms with Gasteiger partial charge in [-0.05, 0) is 34.5 Å². The second kappa shape index (κ2) is 6.75. The normalized spacial score (nSPS) is 12.1. The molecule has 1 aromatic rings. The molecule has 0 spiro atoms. The van der Waals surface area contributed by atoms with Crippen LogP contribution in [0.4, 0.5) is 0 Å². The molecule has 0 saturated heterocycles. The van der Waals surface area contributed by atoms with E-state index in [1.54, 1.807) is 18.4 Å². The van der Waals surface area contributed by atoms with Crippen molar-refractivity contribution in [1.82, 2.24) is 10.3 Å². The van der Waals surface area contributed by atoms with E-state index < -0.39 is 10.8 Å². The Bertz CT molecular complexity index is 381. The first-order valence-electron chi connectivity index (χ1n) is 4.79. The van der Waals surface area contributed by atoms with Crippen LogP contribution in [0.3, 0.4) is 0 Å². The monoisotopic (exact) mass is 304 g/mol. The largest absolute Gasteiger partial charge is 0.352 e. The number of amides is 1. The van der Waals surface area contributed by atoms with Crippen molar-refractivity contribution in [3.8, 4) is 0 Å². The van der Waals surface area contributed by atoms with Gasteiger partial charge in [0.2, 0.25) is 0 Å². The number of nitrogens with one attached hydrogen (secondary N) is 1. The third kappa shape index (κ3) is 4.85. The van der Waals surface area contributed by atoms with Crippen LogP contribution in [0.2, 0.25) is 0 Å². The standard InChI is InChI=1S/C10H13BrN2O2S/c1-16(15)6-2-5-12-10(14)8-3-4-9(11)13-7-8/h3-4,7H,2,5-6H2,1H3,(H,12,14). The lowest BCUT2D eigenvalue weighted by molar-refractivity contribution is 0.0953. The van der Waals surface area contributed by atoms with Crippen molar-refractivity contribution >= 4 is 32.6 Å². The first-order valence-corrected chi connectivity index (χ1v) is 7.31. The molecule has 1 rings (SSSR count). The van der Waals surface area contributed by atoms with Crippen molar-refractivity contribution in [3.05, 3.63) is 28.5 Å². The molecule has 1 unspecified atom stereocenters. The number of nitrogens with zero attached hydrogens (tertiary/aromatic N) is 1. The molecule has 0 saturated carbocycles. The van der Waals surface area contributed by atoms with Gasteiger partial charge in [-0.15, -0.1) is 0 Å². The molecule has 0 radical (unpaired) electrons. The van der Waals surface area contributed by atoms with Gasteiger partial charge in [-0.25, -0.2) is 4.98 Å². The Balaban J connectivity index is 2.35. The summed E-state index contributed by atoms with van der Waals surface area (Å²) in [6, 6.07) is 3.42. The maximum atomic E-state index is 11.6. The average molecular weight is 305 g/mol. The van der Waals surface area contributed by atoms with Gasteiger partial charge >= 0.3 is 0 Å². The second-order valence-electron chi connectivity index (χ2n) is 3.26. The zero-order valence-electron chi connectivity index (χ0n) is 8.90. The quantitative estimate of drug-likeness (QED) is 0.660. The summed E-state index contributed by atoms with van der Waals surface area (Å²) in [5.41, 5.74) is 0.529. The minimum atomic E-state index is -0.798. The molecule has 1 amide bonds. The summed E-state index contributed by atoms with van der Waals surface area (Å²) in [5.74, 6) is 0.459. The Morgan fingerprint density at radius 3 is 2.88 bits per heavy atom. The minimum absolute atomic E-state index is 0.151. The van der Waals surface area contributed by atoms with Crippen molar-refractivity contribution in [2.24, 2.45) is 0 Å². The predicted octanol–water partition coefficient (Wildman–Crippen LogP) is 1.34. The molecule has 6 heteroatoms. The zero-order valence-corrected chi connectivity index (χ0v) is 11.3. The SMILES string of the molecule is CS(=O)CCCNC(=O)c1ccc(Br)nc1. The van der Waals surface area contributed by atoms with E-state index in [0.29, 0.717) is 22.5 Å². The van der Waals surface area contributed by atoms with E-state index in [0.717, 1.165) is 6.42 Å². The number of aromatic nitrogens is 1. The molecule has 1 aromatic heterocycles. The van der Waals surface area contributed by atoms with Gasteiger partial charge in [0, 0.05) is 35.5 Å². The van der Waals surface area contributed by atoms with E-state index in [1.807, 2.05) is 0 Å². The number of halogens is 1. The van der Waals surface area contributed by atoms with Crippen LogP contribution in [0.5, 0.6) is 0 Å². The molecule has 0 aliphatic carbocycles. The predicted molar refractivity (Wildman–Crippen MR) is 67.8 cm³/mol.